The van der Waals surface area contributed by atoms with Gasteiger partial charge in [-0.2, -0.15) is 0 Å². The molecule has 184 valence electrons. The van der Waals surface area contributed by atoms with Crippen molar-refractivity contribution < 1.29 is 24.4 Å². The molecular formula is C27H25N3O6. The number of pyridine rings is 1. The van der Waals surface area contributed by atoms with Crippen molar-refractivity contribution in [1.82, 2.24) is 9.88 Å². The normalized spacial score (nSPS) is 17.0. The number of likely N-dealkylation sites (tertiary alicyclic amines) is 1. The Morgan fingerprint density at radius 3 is 2.58 bits per heavy atom. The number of Topliss-reactive ketones (excluding diaryl/α,β-unsaturated/α-hetero) is 1. The number of rotatable bonds is 7. The highest BCUT2D eigenvalue weighted by atomic mass is 16.6. The molecule has 0 unspecified atom stereocenters. The van der Waals surface area contributed by atoms with Gasteiger partial charge in [0.15, 0.2) is 0 Å². The molecule has 1 N–H and O–H groups in total. The van der Waals surface area contributed by atoms with Gasteiger partial charge in [-0.05, 0) is 61.7 Å². The summed E-state index contributed by atoms with van der Waals surface area (Å²) in [4.78, 5) is 42.6. The minimum Gasteiger partial charge on any atom is -0.507 e. The fourth-order valence-electron chi connectivity index (χ4n) is 4.22. The van der Waals surface area contributed by atoms with Crippen LogP contribution in [0.5, 0.6) is 5.75 Å². The van der Waals surface area contributed by atoms with Crippen molar-refractivity contribution in [3.8, 4) is 5.75 Å². The Labute approximate surface area is 207 Å². The number of nitro benzene ring substituents is 1. The molecule has 1 fully saturated rings. The molecule has 2 aromatic carbocycles. The first-order valence-electron chi connectivity index (χ1n) is 11.4. The van der Waals surface area contributed by atoms with Crippen LogP contribution in [0.1, 0.15) is 42.1 Å². The van der Waals surface area contributed by atoms with Crippen molar-refractivity contribution in [2.75, 3.05) is 0 Å². The third-order valence-electron chi connectivity index (χ3n) is 5.82. The summed E-state index contributed by atoms with van der Waals surface area (Å²) in [6.07, 6.45) is 3.11. The number of nitro groups is 1. The van der Waals surface area contributed by atoms with Gasteiger partial charge >= 0.3 is 0 Å². The largest absolute Gasteiger partial charge is 0.507 e. The van der Waals surface area contributed by atoms with Crippen LogP contribution < -0.4 is 4.74 Å². The lowest BCUT2D eigenvalue weighted by molar-refractivity contribution is -0.384. The van der Waals surface area contributed by atoms with Crippen LogP contribution in [0.2, 0.25) is 0 Å². The lowest BCUT2D eigenvalue weighted by Crippen LogP contribution is -2.29. The van der Waals surface area contributed by atoms with Gasteiger partial charge in [0.05, 0.1) is 22.6 Å². The number of carbonyl (C=O) groups is 2. The van der Waals surface area contributed by atoms with E-state index in [0.717, 1.165) is 5.56 Å². The molecule has 0 saturated carbocycles. The number of non-ortho nitro benzene ring substituents is 1. The van der Waals surface area contributed by atoms with E-state index in [9.17, 15) is 24.8 Å². The van der Waals surface area contributed by atoms with Crippen LogP contribution in [-0.2, 0) is 16.1 Å². The summed E-state index contributed by atoms with van der Waals surface area (Å²) in [5.41, 5.74) is 1.75. The highest BCUT2D eigenvalue weighted by Gasteiger charge is 2.46. The molecule has 1 amide bonds. The van der Waals surface area contributed by atoms with Crippen molar-refractivity contribution >= 4 is 23.1 Å². The van der Waals surface area contributed by atoms with Crippen LogP contribution in [0, 0.1) is 17.0 Å². The number of aliphatic hydroxyl groups excluding tert-OH is 1. The summed E-state index contributed by atoms with van der Waals surface area (Å²) in [5, 5.41) is 22.7. The monoisotopic (exact) mass is 487 g/mol. The van der Waals surface area contributed by atoms with E-state index in [-0.39, 0.29) is 29.7 Å². The van der Waals surface area contributed by atoms with Crippen molar-refractivity contribution in [2.45, 2.75) is 39.5 Å². The van der Waals surface area contributed by atoms with Crippen LogP contribution in [0.25, 0.3) is 5.76 Å². The summed E-state index contributed by atoms with van der Waals surface area (Å²) >= 11 is 0. The topological polar surface area (TPSA) is 123 Å². The van der Waals surface area contributed by atoms with E-state index < -0.39 is 22.7 Å². The number of aromatic nitrogens is 1. The van der Waals surface area contributed by atoms with Crippen LogP contribution in [0.3, 0.4) is 0 Å². The average Bonchev–Trinajstić information content (AvgIpc) is 3.10. The lowest BCUT2D eigenvalue weighted by atomic mass is 9.94. The SMILES string of the molecule is Cc1cc(/C(O)=C2\C(=O)C(=O)N(Cc3cccnc3)[C@H]2c2cccc([N+](=O)[O-])c2)ccc1OC(C)C. The van der Waals surface area contributed by atoms with E-state index in [0.29, 0.717) is 22.4 Å². The fourth-order valence-corrected chi connectivity index (χ4v) is 4.22. The minimum atomic E-state index is -1.03. The molecule has 0 radical (unpaired) electrons. The lowest BCUT2D eigenvalue weighted by Gasteiger charge is -2.25. The number of benzene rings is 2. The van der Waals surface area contributed by atoms with Crippen LogP contribution in [0.4, 0.5) is 5.69 Å². The maximum absolute atomic E-state index is 13.2. The highest BCUT2D eigenvalue weighted by Crippen LogP contribution is 2.41. The summed E-state index contributed by atoms with van der Waals surface area (Å²) in [7, 11) is 0. The van der Waals surface area contributed by atoms with Crippen LogP contribution in [-0.4, -0.2) is 37.7 Å². The minimum absolute atomic E-state index is 0.0305. The van der Waals surface area contributed by atoms with Crippen molar-refractivity contribution in [1.29, 1.82) is 0 Å². The first-order valence-corrected chi connectivity index (χ1v) is 11.4. The number of aliphatic hydroxyl groups is 1. The molecular weight excluding hydrogens is 462 g/mol. The Morgan fingerprint density at radius 1 is 1.17 bits per heavy atom. The Bertz CT molecular complexity index is 1370. The molecule has 1 saturated heterocycles. The van der Waals surface area contributed by atoms with Gasteiger partial charge in [-0.1, -0.05) is 18.2 Å². The molecule has 1 aliphatic heterocycles. The van der Waals surface area contributed by atoms with Gasteiger partial charge in [0.1, 0.15) is 11.5 Å². The van der Waals surface area contributed by atoms with Gasteiger partial charge in [-0.3, -0.25) is 24.7 Å². The number of carbonyl (C=O) groups excluding carboxylic acids is 2. The van der Waals surface area contributed by atoms with E-state index in [2.05, 4.69) is 4.98 Å². The maximum atomic E-state index is 13.2. The smallest absolute Gasteiger partial charge is 0.295 e. The summed E-state index contributed by atoms with van der Waals surface area (Å²) in [5.74, 6) is -1.41. The molecule has 0 spiro atoms. The molecule has 0 bridgehead atoms. The summed E-state index contributed by atoms with van der Waals surface area (Å²) in [6, 6.07) is 13.1. The second-order valence-electron chi connectivity index (χ2n) is 8.79. The standard InChI is InChI=1S/C27H25N3O6/c1-16(2)36-22-10-9-20(12-17(22)3)25(31)23-24(19-7-4-8-21(13-19)30(34)35)29(27(33)26(23)32)15-18-6-5-11-28-14-18/h4-14,16,24,31H,15H2,1-3H3/b25-23+/t24-/m0/s1. The number of hydrogen-bond donors (Lipinski definition) is 1. The molecule has 1 aliphatic rings. The van der Waals surface area contributed by atoms with Gasteiger partial charge in [0.25, 0.3) is 17.4 Å². The van der Waals surface area contributed by atoms with Gasteiger partial charge in [-0.15, -0.1) is 0 Å². The molecule has 3 aromatic rings. The van der Waals surface area contributed by atoms with E-state index in [1.165, 1.54) is 23.1 Å². The Hall–Kier alpha value is -4.53. The van der Waals surface area contributed by atoms with Gasteiger partial charge in [0.2, 0.25) is 0 Å². The van der Waals surface area contributed by atoms with Gasteiger partial charge in [-0.25, -0.2) is 0 Å². The molecule has 1 atom stereocenters. The molecule has 1 aromatic heterocycles. The zero-order valence-corrected chi connectivity index (χ0v) is 20.0. The molecule has 4 rings (SSSR count). The molecule has 36 heavy (non-hydrogen) atoms. The number of hydrogen-bond acceptors (Lipinski definition) is 7. The molecule has 0 aliphatic carbocycles. The Balaban J connectivity index is 1.86. The third kappa shape index (κ3) is 4.81. The number of ketones is 1. The Kier molecular flexibility index (Phi) is 6.82. The fraction of sp³-hybridized carbons (Fsp3) is 0.222. The maximum Gasteiger partial charge on any atom is 0.295 e. The summed E-state index contributed by atoms with van der Waals surface area (Å²) < 4.78 is 5.76. The average molecular weight is 488 g/mol. The van der Waals surface area contributed by atoms with E-state index >= 15 is 0 Å². The third-order valence-corrected chi connectivity index (χ3v) is 5.82. The van der Waals surface area contributed by atoms with Crippen molar-refractivity contribution in [3.05, 3.63) is 105 Å². The molecule has 9 nitrogen and oxygen atoms in total. The van der Waals surface area contributed by atoms with Crippen molar-refractivity contribution in [3.63, 3.8) is 0 Å². The zero-order valence-electron chi connectivity index (χ0n) is 20.0. The van der Waals surface area contributed by atoms with E-state index in [1.807, 2.05) is 20.8 Å². The predicted octanol–water partition coefficient (Wildman–Crippen LogP) is 4.71. The van der Waals surface area contributed by atoms with Gasteiger partial charge < -0.3 is 14.7 Å². The second-order valence-corrected chi connectivity index (χ2v) is 8.79. The molecule has 2 heterocycles. The molecule has 9 heteroatoms. The van der Waals surface area contributed by atoms with E-state index in [1.54, 1.807) is 48.8 Å². The second kappa shape index (κ2) is 9.99. The zero-order chi connectivity index (χ0) is 26.0. The van der Waals surface area contributed by atoms with Gasteiger partial charge in [0, 0.05) is 36.6 Å². The van der Waals surface area contributed by atoms with Crippen molar-refractivity contribution in [2.24, 2.45) is 0 Å². The van der Waals surface area contributed by atoms with E-state index in [4.69, 9.17) is 4.74 Å². The predicted molar refractivity (Wildman–Crippen MR) is 132 cm³/mol. The number of aryl methyl sites for hydroxylation is 1. The highest BCUT2D eigenvalue weighted by molar-refractivity contribution is 6.46. The van der Waals surface area contributed by atoms with Crippen LogP contribution in [0.15, 0.2) is 72.6 Å². The number of nitrogens with zero attached hydrogens (tertiary/aromatic N) is 3. The Morgan fingerprint density at radius 2 is 1.94 bits per heavy atom. The summed E-state index contributed by atoms with van der Waals surface area (Å²) in [6.45, 7) is 5.64. The first-order chi connectivity index (χ1) is 17.2. The quantitative estimate of drug-likeness (QED) is 0.168. The number of amides is 1. The van der Waals surface area contributed by atoms with Crippen LogP contribution >= 0.6 is 0 Å². The number of ether oxygens (including phenoxy) is 1. The first kappa shape index (κ1) is 24.6.